The van der Waals surface area contributed by atoms with E-state index in [0.29, 0.717) is 22.7 Å². The normalized spacial score (nSPS) is 14.1. The number of nitrogens with one attached hydrogen (secondary N) is 1. The molecule has 1 saturated heterocycles. The van der Waals surface area contributed by atoms with Gasteiger partial charge in [0, 0.05) is 30.4 Å². The molecule has 2 aromatic carbocycles. The van der Waals surface area contributed by atoms with E-state index in [1.165, 1.54) is 32.4 Å². The quantitative estimate of drug-likeness (QED) is 0.820. The summed E-state index contributed by atoms with van der Waals surface area (Å²) in [6.45, 7) is 1.54. The monoisotopic (exact) mass is 390 g/mol. The van der Waals surface area contributed by atoms with Crippen LogP contribution in [0.15, 0.2) is 47.4 Å². The molecular formula is C19H22N2O5S. The van der Waals surface area contributed by atoms with Gasteiger partial charge in [0.25, 0.3) is 15.9 Å². The number of sulfonamides is 1. The van der Waals surface area contributed by atoms with Gasteiger partial charge in [0.15, 0.2) is 11.5 Å². The second-order valence-electron chi connectivity index (χ2n) is 6.20. The zero-order chi connectivity index (χ0) is 19.4. The minimum atomic E-state index is -3.80. The summed E-state index contributed by atoms with van der Waals surface area (Å²) in [5.41, 5.74) is 0.925. The smallest absolute Gasteiger partial charge is 0.262 e. The van der Waals surface area contributed by atoms with Crippen molar-refractivity contribution < 1.29 is 22.7 Å². The Morgan fingerprint density at radius 3 is 2.19 bits per heavy atom. The zero-order valence-electron chi connectivity index (χ0n) is 15.3. The van der Waals surface area contributed by atoms with E-state index in [1.54, 1.807) is 24.3 Å². The highest BCUT2D eigenvalue weighted by atomic mass is 32.2. The summed E-state index contributed by atoms with van der Waals surface area (Å²) in [5, 5.41) is 0. The minimum absolute atomic E-state index is 0.0261. The van der Waals surface area contributed by atoms with E-state index in [0.717, 1.165) is 25.9 Å². The van der Waals surface area contributed by atoms with Crippen molar-refractivity contribution in [1.29, 1.82) is 0 Å². The Morgan fingerprint density at radius 2 is 1.59 bits per heavy atom. The van der Waals surface area contributed by atoms with Gasteiger partial charge in [-0.05, 0) is 49.2 Å². The van der Waals surface area contributed by atoms with Crippen LogP contribution in [-0.4, -0.2) is 46.5 Å². The summed E-state index contributed by atoms with van der Waals surface area (Å²) in [6, 6.07) is 10.8. The standard InChI is InChI=1S/C19H22N2O5S/c1-25-17-10-9-16(13-18(17)26-2)27(23,24)20-15-7-5-14(6-8-15)19(22)21-11-3-4-12-21/h5-10,13,20H,3-4,11-12H2,1-2H3. The van der Waals surface area contributed by atoms with E-state index in [4.69, 9.17) is 9.47 Å². The van der Waals surface area contributed by atoms with Crippen LogP contribution in [0.25, 0.3) is 0 Å². The molecule has 1 amide bonds. The number of ether oxygens (including phenoxy) is 2. The summed E-state index contributed by atoms with van der Waals surface area (Å²) >= 11 is 0. The molecule has 0 saturated carbocycles. The molecule has 1 N–H and O–H groups in total. The third kappa shape index (κ3) is 4.16. The van der Waals surface area contributed by atoms with Crippen molar-refractivity contribution in [3.8, 4) is 11.5 Å². The Labute approximate surface area is 158 Å². The average molecular weight is 390 g/mol. The van der Waals surface area contributed by atoms with E-state index in [2.05, 4.69) is 4.72 Å². The first kappa shape index (κ1) is 19.0. The number of amides is 1. The van der Waals surface area contributed by atoms with Gasteiger partial charge in [-0.15, -0.1) is 0 Å². The maximum atomic E-state index is 12.6. The average Bonchev–Trinajstić information content (AvgIpc) is 3.22. The van der Waals surface area contributed by atoms with Gasteiger partial charge in [-0.3, -0.25) is 9.52 Å². The number of carbonyl (C=O) groups is 1. The van der Waals surface area contributed by atoms with Crippen LogP contribution in [0.2, 0.25) is 0 Å². The molecule has 0 unspecified atom stereocenters. The van der Waals surface area contributed by atoms with E-state index < -0.39 is 10.0 Å². The first-order valence-electron chi connectivity index (χ1n) is 8.59. The molecule has 1 fully saturated rings. The molecule has 0 atom stereocenters. The maximum absolute atomic E-state index is 12.6. The van der Waals surface area contributed by atoms with Gasteiger partial charge >= 0.3 is 0 Å². The van der Waals surface area contributed by atoms with Crippen molar-refractivity contribution in [2.75, 3.05) is 32.0 Å². The predicted molar refractivity (Wildman–Crippen MR) is 102 cm³/mol. The van der Waals surface area contributed by atoms with Crippen molar-refractivity contribution in [3.63, 3.8) is 0 Å². The Bertz CT molecular complexity index is 920. The fourth-order valence-corrected chi connectivity index (χ4v) is 4.06. The first-order valence-corrected chi connectivity index (χ1v) is 10.1. The molecule has 0 radical (unpaired) electrons. The summed E-state index contributed by atoms with van der Waals surface area (Å²) in [4.78, 5) is 14.2. The number of likely N-dealkylation sites (tertiary alicyclic amines) is 1. The number of benzene rings is 2. The fourth-order valence-electron chi connectivity index (χ4n) is 2.98. The van der Waals surface area contributed by atoms with Crippen LogP contribution in [0.5, 0.6) is 11.5 Å². The zero-order valence-corrected chi connectivity index (χ0v) is 16.1. The molecule has 1 heterocycles. The number of nitrogens with zero attached hydrogens (tertiary/aromatic N) is 1. The molecule has 8 heteroatoms. The van der Waals surface area contributed by atoms with Crippen molar-refractivity contribution in [1.82, 2.24) is 4.90 Å². The Kier molecular flexibility index (Phi) is 5.55. The van der Waals surface area contributed by atoms with Gasteiger partial charge in [0.2, 0.25) is 0 Å². The SMILES string of the molecule is COc1ccc(S(=O)(=O)Nc2ccc(C(=O)N3CCCC3)cc2)cc1OC. The molecule has 3 rings (SSSR count). The lowest BCUT2D eigenvalue weighted by Gasteiger charge is -2.15. The highest BCUT2D eigenvalue weighted by Gasteiger charge is 2.20. The van der Waals surface area contributed by atoms with Crippen LogP contribution in [0.4, 0.5) is 5.69 Å². The Hall–Kier alpha value is -2.74. The first-order chi connectivity index (χ1) is 12.9. The fraction of sp³-hybridized carbons (Fsp3) is 0.316. The molecule has 0 aliphatic carbocycles. The van der Waals surface area contributed by atoms with Crippen molar-refractivity contribution in [2.24, 2.45) is 0 Å². The van der Waals surface area contributed by atoms with Gasteiger partial charge in [-0.25, -0.2) is 8.42 Å². The lowest BCUT2D eigenvalue weighted by atomic mass is 10.2. The number of methoxy groups -OCH3 is 2. The third-order valence-electron chi connectivity index (χ3n) is 4.44. The molecule has 0 bridgehead atoms. The lowest BCUT2D eigenvalue weighted by Crippen LogP contribution is -2.27. The number of hydrogen-bond acceptors (Lipinski definition) is 5. The van der Waals surface area contributed by atoms with Gasteiger partial charge in [-0.1, -0.05) is 0 Å². The lowest BCUT2D eigenvalue weighted by molar-refractivity contribution is 0.0793. The molecule has 27 heavy (non-hydrogen) atoms. The van der Waals surface area contributed by atoms with Crippen molar-refractivity contribution in [3.05, 3.63) is 48.0 Å². The van der Waals surface area contributed by atoms with Gasteiger partial charge in [0.1, 0.15) is 0 Å². The molecule has 0 aromatic heterocycles. The van der Waals surface area contributed by atoms with Crippen LogP contribution < -0.4 is 14.2 Å². The molecular weight excluding hydrogens is 368 g/mol. The largest absolute Gasteiger partial charge is 0.493 e. The van der Waals surface area contributed by atoms with E-state index in [9.17, 15) is 13.2 Å². The van der Waals surface area contributed by atoms with Crippen LogP contribution in [-0.2, 0) is 10.0 Å². The highest BCUT2D eigenvalue weighted by molar-refractivity contribution is 7.92. The second kappa shape index (κ2) is 7.87. The number of carbonyl (C=O) groups excluding carboxylic acids is 1. The molecule has 7 nitrogen and oxygen atoms in total. The van der Waals surface area contributed by atoms with E-state index in [-0.39, 0.29) is 10.8 Å². The molecule has 1 aliphatic heterocycles. The summed E-state index contributed by atoms with van der Waals surface area (Å²) in [6.07, 6.45) is 2.05. The Morgan fingerprint density at radius 1 is 0.963 bits per heavy atom. The molecule has 144 valence electrons. The van der Waals surface area contributed by atoms with Gasteiger partial charge in [0.05, 0.1) is 19.1 Å². The molecule has 1 aliphatic rings. The van der Waals surface area contributed by atoms with Crippen molar-refractivity contribution >= 4 is 21.6 Å². The van der Waals surface area contributed by atoms with E-state index in [1.807, 2.05) is 4.90 Å². The van der Waals surface area contributed by atoms with Crippen LogP contribution in [0.1, 0.15) is 23.2 Å². The summed E-state index contributed by atoms with van der Waals surface area (Å²) in [5.74, 6) is 0.745. The predicted octanol–water partition coefficient (Wildman–Crippen LogP) is 2.74. The topological polar surface area (TPSA) is 84.9 Å². The molecule has 2 aromatic rings. The second-order valence-corrected chi connectivity index (χ2v) is 7.88. The minimum Gasteiger partial charge on any atom is -0.493 e. The summed E-state index contributed by atoms with van der Waals surface area (Å²) in [7, 11) is -0.877. The van der Waals surface area contributed by atoms with Gasteiger partial charge < -0.3 is 14.4 Å². The highest BCUT2D eigenvalue weighted by Crippen LogP contribution is 2.30. The van der Waals surface area contributed by atoms with Crippen LogP contribution >= 0.6 is 0 Å². The molecule has 0 spiro atoms. The third-order valence-corrected chi connectivity index (χ3v) is 5.82. The van der Waals surface area contributed by atoms with Crippen molar-refractivity contribution in [2.45, 2.75) is 17.7 Å². The number of anilines is 1. The number of hydrogen-bond donors (Lipinski definition) is 1. The summed E-state index contributed by atoms with van der Waals surface area (Å²) < 4.78 is 38.0. The maximum Gasteiger partial charge on any atom is 0.262 e. The van der Waals surface area contributed by atoms with Gasteiger partial charge in [-0.2, -0.15) is 0 Å². The van der Waals surface area contributed by atoms with Crippen LogP contribution in [0, 0.1) is 0 Å². The van der Waals surface area contributed by atoms with Crippen LogP contribution in [0.3, 0.4) is 0 Å². The van der Waals surface area contributed by atoms with E-state index >= 15 is 0 Å². The Balaban J connectivity index is 1.76. The number of rotatable bonds is 6.